The fourth-order valence-corrected chi connectivity index (χ4v) is 2.71. The molecule has 1 fully saturated rings. The Morgan fingerprint density at radius 3 is 2.05 bits per heavy atom. The van der Waals surface area contributed by atoms with Gasteiger partial charge in [0.2, 0.25) is 0 Å². The first-order valence-electron chi connectivity index (χ1n) is 7.08. The summed E-state index contributed by atoms with van der Waals surface area (Å²) in [5.41, 5.74) is -0.557. The number of nitrogens with one attached hydrogen (secondary N) is 1. The summed E-state index contributed by atoms with van der Waals surface area (Å²) >= 11 is 1.71. The molecular weight excluding hydrogens is 258 g/mol. The van der Waals surface area contributed by atoms with Gasteiger partial charge in [0.25, 0.3) is 0 Å². The zero-order valence-corrected chi connectivity index (χ0v) is 14.2. The highest BCUT2D eigenvalue weighted by atomic mass is 32.2. The molecule has 0 bridgehead atoms. The lowest BCUT2D eigenvalue weighted by molar-refractivity contribution is -0.156. The molecule has 0 aromatic rings. The van der Waals surface area contributed by atoms with Gasteiger partial charge in [-0.1, -0.05) is 11.9 Å². The van der Waals surface area contributed by atoms with Crippen LogP contribution in [0.15, 0.2) is 0 Å². The zero-order chi connectivity index (χ0) is 14.9. The molecule has 0 aliphatic heterocycles. The second kappa shape index (κ2) is 5.65. The number of carbonyl (C=O) groups is 1. The Kier molecular flexibility index (Phi) is 5.00. The van der Waals surface area contributed by atoms with Gasteiger partial charge in [-0.25, -0.2) is 0 Å². The van der Waals surface area contributed by atoms with E-state index in [1.54, 1.807) is 11.9 Å². The normalized spacial score (nSPS) is 19.9. The number of hydrogen-bond donors (Lipinski definition) is 1. The molecule has 1 N–H and O–H groups in total. The molecule has 1 aliphatic rings. The van der Waals surface area contributed by atoms with E-state index in [1.807, 2.05) is 20.8 Å². The minimum atomic E-state index is -0.404. The molecule has 0 heterocycles. The van der Waals surface area contributed by atoms with Crippen molar-refractivity contribution in [2.75, 3.05) is 0 Å². The summed E-state index contributed by atoms with van der Waals surface area (Å²) in [4.78, 5) is 12.1. The van der Waals surface area contributed by atoms with Gasteiger partial charge in [0.1, 0.15) is 5.60 Å². The molecule has 19 heavy (non-hydrogen) atoms. The summed E-state index contributed by atoms with van der Waals surface area (Å²) < 4.78 is 9.13. The van der Waals surface area contributed by atoms with Crippen molar-refractivity contribution < 1.29 is 9.53 Å². The van der Waals surface area contributed by atoms with E-state index in [-0.39, 0.29) is 16.3 Å². The average Bonchev–Trinajstić information content (AvgIpc) is 2.92. The zero-order valence-electron chi connectivity index (χ0n) is 13.4. The molecule has 0 aromatic carbocycles. The Labute approximate surface area is 122 Å². The number of carbonyl (C=O) groups excluding carboxylic acids is 1. The predicted octanol–water partition coefficient (Wildman–Crippen LogP) is 3.92. The van der Waals surface area contributed by atoms with Crippen LogP contribution in [0.3, 0.4) is 0 Å². The van der Waals surface area contributed by atoms with Gasteiger partial charge in [-0.05, 0) is 67.2 Å². The maximum atomic E-state index is 12.1. The van der Waals surface area contributed by atoms with Gasteiger partial charge >= 0.3 is 5.97 Å². The second-order valence-electron chi connectivity index (χ2n) is 7.77. The highest BCUT2D eigenvalue weighted by Crippen LogP contribution is 2.43. The van der Waals surface area contributed by atoms with Crippen LogP contribution in [0.5, 0.6) is 0 Å². The minimum absolute atomic E-state index is 0.107. The third kappa shape index (κ3) is 6.66. The maximum absolute atomic E-state index is 12.1. The monoisotopic (exact) mass is 287 g/mol. The smallest absolute Gasteiger partial charge is 0.308 e. The minimum Gasteiger partial charge on any atom is -0.460 e. The molecule has 1 atom stereocenters. The largest absolute Gasteiger partial charge is 0.460 e. The van der Waals surface area contributed by atoms with Crippen LogP contribution in [0, 0.1) is 5.92 Å². The van der Waals surface area contributed by atoms with Crippen molar-refractivity contribution in [3.63, 3.8) is 0 Å². The van der Waals surface area contributed by atoms with Crippen molar-refractivity contribution >= 4 is 17.9 Å². The fourth-order valence-electron chi connectivity index (χ4n) is 1.93. The SMILES string of the molecule is CC(C)(C)OC(=O)CC(C)(NSC(C)(C)C)C1CC1. The first kappa shape index (κ1) is 16.8. The van der Waals surface area contributed by atoms with Crippen molar-refractivity contribution in [2.24, 2.45) is 5.92 Å². The molecule has 0 radical (unpaired) electrons. The number of rotatable bonds is 5. The molecule has 0 saturated heterocycles. The van der Waals surface area contributed by atoms with E-state index < -0.39 is 5.60 Å². The Morgan fingerprint density at radius 1 is 1.16 bits per heavy atom. The van der Waals surface area contributed by atoms with E-state index in [0.717, 1.165) is 0 Å². The van der Waals surface area contributed by atoms with E-state index in [9.17, 15) is 4.79 Å². The van der Waals surface area contributed by atoms with Gasteiger partial charge in [-0.3, -0.25) is 9.52 Å². The molecule has 0 amide bonds. The first-order chi connectivity index (χ1) is 8.41. The van der Waals surface area contributed by atoms with Crippen LogP contribution in [-0.4, -0.2) is 21.9 Å². The van der Waals surface area contributed by atoms with Crippen LogP contribution in [0.1, 0.15) is 67.7 Å². The van der Waals surface area contributed by atoms with Crippen molar-refractivity contribution in [2.45, 2.75) is 83.6 Å². The predicted molar refractivity (Wildman–Crippen MR) is 82.1 cm³/mol. The third-order valence-corrected chi connectivity index (χ3v) is 4.18. The lowest BCUT2D eigenvalue weighted by Crippen LogP contribution is -2.45. The van der Waals surface area contributed by atoms with E-state index in [1.165, 1.54) is 12.8 Å². The van der Waals surface area contributed by atoms with Crippen LogP contribution < -0.4 is 4.72 Å². The van der Waals surface area contributed by atoms with E-state index >= 15 is 0 Å². The van der Waals surface area contributed by atoms with Gasteiger partial charge in [-0.15, -0.1) is 0 Å². The number of hydrogen-bond acceptors (Lipinski definition) is 4. The molecule has 0 spiro atoms. The second-order valence-corrected chi connectivity index (χ2v) is 9.40. The van der Waals surface area contributed by atoms with Crippen LogP contribution in [-0.2, 0) is 9.53 Å². The first-order valence-corrected chi connectivity index (χ1v) is 7.90. The van der Waals surface area contributed by atoms with Gasteiger partial charge < -0.3 is 4.74 Å². The van der Waals surface area contributed by atoms with Crippen LogP contribution >= 0.6 is 11.9 Å². The Balaban J connectivity index is 2.59. The Hall–Kier alpha value is -0.220. The van der Waals surface area contributed by atoms with Crippen molar-refractivity contribution in [3.8, 4) is 0 Å². The van der Waals surface area contributed by atoms with Crippen LogP contribution in [0.2, 0.25) is 0 Å². The van der Waals surface area contributed by atoms with Crippen LogP contribution in [0.25, 0.3) is 0 Å². The van der Waals surface area contributed by atoms with Gasteiger partial charge in [0.05, 0.1) is 6.42 Å². The lowest BCUT2D eigenvalue weighted by atomic mass is 9.93. The molecule has 3 nitrogen and oxygen atoms in total. The molecular formula is C15H29NO2S. The van der Waals surface area contributed by atoms with Crippen molar-refractivity contribution in [1.29, 1.82) is 0 Å². The molecule has 1 aliphatic carbocycles. The van der Waals surface area contributed by atoms with E-state index in [0.29, 0.717) is 12.3 Å². The third-order valence-electron chi connectivity index (χ3n) is 3.00. The highest BCUT2D eigenvalue weighted by molar-refractivity contribution is 7.98. The fraction of sp³-hybridized carbons (Fsp3) is 0.933. The molecule has 1 unspecified atom stereocenters. The van der Waals surface area contributed by atoms with Gasteiger partial charge in [-0.2, -0.15) is 0 Å². The molecule has 112 valence electrons. The maximum Gasteiger partial charge on any atom is 0.308 e. The average molecular weight is 287 g/mol. The van der Waals surface area contributed by atoms with Gasteiger partial charge in [0.15, 0.2) is 0 Å². The lowest BCUT2D eigenvalue weighted by Gasteiger charge is -2.34. The summed E-state index contributed by atoms with van der Waals surface area (Å²) in [7, 11) is 0. The van der Waals surface area contributed by atoms with Gasteiger partial charge in [0, 0.05) is 10.3 Å². The summed E-state index contributed by atoms with van der Waals surface area (Å²) in [6.45, 7) is 14.4. The molecule has 0 aromatic heterocycles. The molecule has 1 rings (SSSR count). The summed E-state index contributed by atoms with van der Waals surface area (Å²) in [6.07, 6.45) is 2.85. The number of ether oxygens (including phenoxy) is 1. The van der Waals surface area contributed by atoms with Crippen molar-refractivity contribution in [3.05, 3.63) is 0 Å². The summed E-state index contributed by atoms with van der Waals surface area (Å²) in [5, 5.41) is 0. The van der Waals surface area contributed by atoms with Crippen LogP contribution in [0.4, 0.5) is 0 Å². The quantitative estimate of drug-likeness (QED) is 0.614. The summed E-state index contributed by atoms with van der Waals surface area (Å²) in [5.74, 6) is 0.485. The summed E-state index contributed by atoms with van der Waals surface area (Å²) in [6, 6.07) is 0. The van der Waals surface area contributed by atoms with Crippen molar-refractivity contribution in [1.82, 2.24) is 4.72 Å². The molecule has 4 heteroatoms. The van der Waals surface area contributed by atoms with E-state index in [2.05, 4.69) is 32.4 Å². The Bertz CT molecular complexity index is 326. The van der Waals surface area contributed by atoms with E-state index in [4.69, 9.17) is 4.74 Å². The topological polar surface area (TPSA) is 38.3 Å². The Morgan fingerprint density at radius 2 is 1.68 bits per heavy atom. The number of esters is 1. The standard InChI is InChI=1S/C15H29NO2S/c1-13(2,3)18-12(17)10-15(7,11-8-9-11)16-19-14(4,5)6/h11,16H,8-10H2,1-7H3. The molecule has 1 saturated carbocycles. The highest BCUT2D eigenvalue weighted by Gasteiger charge is 2.44.